The Bertz CT molecular complexity index is 497. The van der Waals surface area contributed by atoms with Crippen molar-refractivity contribution < 1.29 is 29.8 Å². The number of aromatic hydroxyl groups is 1. The van der Waals surface area contributed by atoms with Crippen molar-refractivity contribution >= 4 is 17.6 Å². The van der Waals surface area contributed by atoms with Gasteiger partial charge in [-0.25, -0.2) is 0 Å². The summed E-state index contributed by atoms with van der Waals surface area (Å²) in [6, 6.07) is 3.52. The van der Waals surface area contributed by atoms with Crippen molar-refractivity contribution in [2.24, 2.45) is 5.92 Å². The second kappa shape index (κ2) is 5.13. The Morgan fingerprint density at radius 2 is 1.83 bits per heavy atom. The van der Waals surface area contributed by atoms with Crippen LogP contribution in [0.15, 0.2) is 18.2 Å². The van der Waals surface area contributed by atoms with E-state index < -0.39 is 40.6 Å². The molecule has 8 nitrogen and oxygen atoms in total. The molecular formula is C10H9NO7. The molecule has 8 heteroatoms. The van der Waals surface area contributed by atoms with Gasteiger partial charge in [0, 0.05) is 18.1 Å². The van der Waals surface area contributed by atoms with Crippen LogP contribution in [0.5, 0.6) is 5.75 Å². The molecule has 3 N–H and O–H groups in total. The van der Waals surface area contributed by atoms with E-state index in [0.29, 0.717) is 0 Å². The number of nitrogens with zero attached hydrogens (tertiary/aromatic N) is 1. The third-order valence-corrected chi connectivity index (χ3v) is 2.32. The number of hydrogen-bond donors (Lipinski definition) is 3. The van der Waals surface area contributed by atoms with Crippen molar-refractivity contribution in [2.45, 2.75) is 6.42 Å². The van der Waals surface area contributed by atoms with Crippen LogP contribution in [0.2, 0.25) is 0 Å². The molecule has 0 saturated heterocycles. The van der Waals surface area contributed by atoms with Crippen molar-refractivity contribution in [1.29, 1.82) is 0 Å². The fourth-order valence-corrected chi connectivity index (χ4v) is 1.39. The number of nitro benzene ring substituents is 1. The van der Waals surface area contributed by atoms with E-state index in [1.165, 1.54) is 12.1 Å². The van der Waals surface area contributed by atoms with Crippen LogP contribution in [0.3, 0.4) is 0 Å². The molecule has 0 aliphatic heterocycles. The Kier molecular flexibility index (Phi) is 3.82. The molecule has 0 aliphatic rings. The summed E-state index contributed by atoms with van der Waals surface area (Å²) in [5, 5.41) is 37.4. The topological polar surface area (TPSA) is 138 Å². The highest BCUT2D eigenvalue weighted by atomic mass is 16.6. The molecule has 1 aromatic carbocycles. The Balaban J connectivity index is 3.11. The zero-order chi connectivity index (χ0) is 13.9. The first-order chi connectivity index (χ1) is 8.34. The molecule has 0 heterocycles. The lowest BCUT2D eigenvalue weighted by Gasteiger charge is -2.08. The second-order valence-electron chi connectivity index (χ2n) is 3.48. The number of para-hydroxylation sites is 1. The smallest absolute Gasteiger partial charge is 0.318 e. The Labute approximate surface area is 100 Å². The van der Waals surface area contributed by atoms with Crippen LogP contribution in [0.25, 0.3) is 0 Å². The molecule has 0 radical (unpaired) electrons. The Hall–Kier alpha value is -2.64. The molecule has 0 bridgehead atoms. The lowest BCUT2D eigenvalue weighted by Crippen LogP contribution is -2.25. The summed E-state index contributed by atoms with van der Waals surface area (Å²) in [7, 11) is 0. The maximum absolute atomic E-state index is 10.7. The minimum absolute atomic E-state index is 0.0981. The highest BCUT2D eigenvalue weighted by Crippen LogP contribution is 2.30. The quantitative estimate of drug-likeness (QED) is 0.398. The van der Waals surface area contributed by atoms with Crippen LogP contribution >= 0.6 is 0 Å². The first-order valence-electron chi connectivity index (χ1n) is 4.75. The van der Waals surface area contributed by atoms with Gasteiger partial charge < -0.3 is 15.3 Å². The van der Waals surface area contributed by atoms with E-state index in [9.17, 15) is 24.8 Å². The van der Waals surface area contributed by atoms with E-state index in [4.69, 9.17) is 10.2 Å². The predicted molar refractivity (Wildman–Crippen MR) is 57.2 cm³/mol. The van der Waals surface area contributed by atoms with E-state index in [-0.39, 0.29) is 5.56 Å². The summed E-state index contributed by atoms with van der Waals surface area (Å²) in [5.41, 5.74) is -0.693. The summed E-state index contributed by atoms with van der Waals surface area (Å²) in [4.78, 5) is 31.1. The van der Waals surface area contributed by atoms with E-state index in [2.05, 4.69) is 0 Å². The van der Waals surface area contributed by atoms with Crippen molar-refractivity contribution in [3.8, 4) is 5.75 Å². The van der Waals surface area contributed by atoms with Gasteiger partial charge in [-0.3, -0.25) is 19.7 Å². The normalized spacial score (nSPS) is 10.3. The third-order valence-electron chi connectivity index (χ3n) is 2.32. The van der Waals surface area contributed by atoms with Crippen molar-refractivity contribution in [1.82, 2.24) is 0 Å². The van der Waals surface area contributed by atoms with E-state index >= 15 is 0 Å². The number of carbonyl (C=O) groups is 2. The average Bonchev–Trinajstić information content (AvgIpc) is 2.26. The molecule has 18 heavy (non-hydrogen) atoms. The molecule has 0 unspecified atom stereocenters. The van der Waals surface area contributed by atoms with E-state index in [0.717, 1.165) is 6.07 Å². The van der Waals surface area contributed by atoms with Crippen LogP contribution in [-0.2, 0) is 16.0 Å². The fourth-order valence-electron chi connectivity index (χ4n) is 1.39. The molecule has 0 aromatic heterocycles. The highest BCUT2D eigenvalue weighted by Gasteiger charge is 2.28. The Morgan fingerprint density at radius 3 is 2.28 bits per heavy atom. The zero-order valence-electron chi connectivity index (χ0n) is 8.94. The van der Waals surface area contributed by atoms with Gasteiger partial charge in [0.15, 0.2) is 11.7 Å². The molecule has 96 valence electrons. The number of aliphatic carboxylic acids is 2. The summed E-state index contributed by atoms with van der Waals surface area (Å²) < 4.78 is 0. The van der Waals surface area contributed by atoms with Crippen LogP contribution < -0.4 is 0 Å². The SMILES string of the molecule is O=C(O)C(Cc1cccc([N+](=O)[O-])c1O)C(=O)O. The molecule has 0 fully saturated rings. The average molecular weight is 255 g/mol. The summed E-state index contributed by atoms with van der Waals surface area (Å²) in [6.07, 6.45) is -0.530. The van der Waals surface area contributed by atoms with Gasteiger partial charge in [-0.1, -0.05) is 12.1 Å². The molecule has 0 saturated carbocycles. The van der Waals surface area contributed by atoms with Gasteiger partial charge in [-0.15, -0.1) is 0 Å². The maximum atomic E-state index is 10.7. The molecular weight excluding hydrogens is 246 g/mol. The van der Waals surface area contributed by atoms with Crippen LogP contribution in [0.1, 0.15) is 5.56 Å². The minimum Gasteiger partial charge on any atom is -0.502 e. The van der Waals surface area contributed by atoms with Crippen LogP contribution in [0, 0.1) is 16.0 Å². The number of phenols is 1. The highest BCUT2D eigenvalue weighted by molar-refractivity contribution is 5.93. The third kappa shape index (κ3) is 2.73. The number of rotatable bonds is 5. The molecule has 1 aromatic rings. The van der Waals surface area contributed by atoms with E-state index in [1.54, 1.807) is 0 Å². The van der Waals surface area contributed by atoms with Crippen LogP contribution in [0.4, 0.5) is 5.69 Å². The lowest BCUT2D eigenvalue weighted by atomic mass is 9.98. The first kappa shape index (κ1) is 13.4. The summed E-state index contributed by atoms with van der Waals surface area (Å²) in [5.74, 6) is -5.63. The molecule has 0 atom stereocenters. The van der Waals surface area contributed by atoms with Gasteiger partial charge in [-0.2, -0.15) is 0 Å². The van der Waals surface area contributed by atoms with Gasteiger partial charge in [0.1, 0.15) is 0 Å². The van der Waals surface area contributed by atoms with Crippen molar-refractivity contribution in [2.75, 3.05) is 0 Å². The number of hydrogen-bond acceptors (Lipinski definition) is 5. The zero-order valence-corrected chi connectivity index (χ0v) is 8.94. The van der Waals surface area contributed by atoms with Gasteiger partial charge >= 0.3 is 17.6 Å². The minimum atomic E-state index is -1.77. The van der Waals surface area contributed by atoms with Crippen molar-refractivity contribution in [3.05, 3.63) is 33.9 Å². The molecule has 1 rings (SSSR count). The largest absolute Gasteiger partial charge is 0.502 e. The number of phenolic OH excluding ortho intramolecular Hbond substituents is 1. The maximum Gasteiger partial charge on any atom is 0.318 e. The number of nitro groups is 1. The number of carboxylic acids is 2. The van der Waals surface area contributed by atoms with Gasteiger partial charge in [0.05, 0.1) is 4.92 Å². The summed E-state index contributed by atoms with van der Waals surface area (Å²) >= 11 is 0. The summed E-state index contributed by atoms with van der Waals surface area (Å²) in [6.45, 7) is 0. The monoisotopic (exact) mass is 255 g/mol. The van der Waals surface area contributed by atoms with E-state index in [1.807, 2.05) is 0 Å². The van der Waals surface area contributed by atoms with Gasteiger partial charge in [-0.05, 0) is 0 Å². The second-order valence-corrected chi connectivity index (χ2v) is 3.48. The molecule has 0 amide bonds. The van der Waals surface area contributed by atoms with Gasteiger partial charge in [0.2, 0.25) is 0 Å². The number of benzene rings is 1. The molecule has 0 spiro atoms. The Morgan fingerprint density at radius 1 is 1.28 bits per heavy atom. The number of carboxylic acid groups (broad SMARTS) is 2. The molecule has 0 aliphatic carbocycles. The van der Waals surface area contributed by atoms with Crippen molar-refractivity contribution in [3.63, 3.8) is 0 Å². The predicted octanol–water partition coefficient (Wildman–Crippen LogP) is 0.628. The van der Waals surface area contributed by atoms with Gasteiger partial charge in [0.25, 0.3) is 0 Å². The van der Waals surface area contributed by atoms with Crippen LogP contribution in [-0.4, -0.2) is 32.2 Å². The lowest BCUT2D eigenvalue weighted by molar-refractivity contribution is -0.385. The fraction of sp³-hybridized carbons (Fsp3) is 0.200. The standard InChI is InChI=1S/C10H9NO7/c12-8-5(2-1-3-7(8)11(17)18)4-6(9(13)14)10(15)16/h1-3,6,12H,4H2,(H,13,14)(H,15,16). The first-order valence-corrected chi connectivity index (χ1v) is 4.75.